The SMILES string of the molecule is CC(=O)NC(CCSCc1c(F)cccc1F)C(=O)O. The van der Waals surface area contributed by atoms with Crippen LogP contribution in [0.3, 0.4) is 0 Å². The number of amides is 1. The highest BCUT2D eigenvalue weighted by Gasteiger charge is 2.18. The molecule has 0 aliphatic rings. The number of carbonyl (C=O) groups is 2. The van der Waals surface area contributed by atoms with E-state index in [0.29, 0.717) is 5.75 Å². The van der Waals surface area contributed by atoms with Crippen LogP contribution in [0, 0.1) is 11.6 Å². The lowest BCUT2D eigenvalue weighted by molar-refractivity contribution is -0.141. The zero-order valence-electron chi connectivity index (χ0n) is 10.9. The van der Waals surface area contributed by atoms with Crippen LogP contribution in [0.15, 0.2) is 18.2 Å². The summed E-state index contributed by atoms with van der Waals surface area (Å²) in [5.41, 5.74) is -0.0242. The molecule has 0 aliphatic carbocycles. The van der Waals surface area contributed by atoms with Gasteiger partial charge in [-0.2, -0.15) is 11.8 Å². The van der Waals surface area contributed by atoms with Crippen LogP contribution in [-0.4, -0.2) is 28.8 Å². The van der Waals surface area contributed by atoms with E-state index in [1.807, 2.05) is 0 Å². The van der Waals surface area contributed by atoms with Crippen LogP contribution in [-0.2, 0) is 15.3 Å². The molecule has 0 aliphatic heterocycles. The molecule has 20 heavy (non-hydrogen) atoms. The molecule has 1 atom stereocenters. The van der Waals surface area contributed by atoms with Gasteiger partial charge in [0, 0.05) is 18.2 Å². The zero-order valence-corrected chi connectivity index (χ0v) is 11.7. The molecule has 0 bridgehead atoms. The van der Waals surface area contributed by atoms with E-state index < -0.39 is 29.6 Å². The number of nitrogens with one attached hydrogen (secondary N) is 1. The van der Waals surface area contributed by atoms with Crippen molar-refractivity contribution in [2.75, 3.05) is 5.75 Å². The van der Waals surface area contributed by atoms with E-state index >= 15 is 0 Å². The molecule has 0 spiro atoms. The summed E-state index contributed by atoms with van der Waals surface area (Å²) in [6.45, 7) is 1.23. The summed E-state index contributed by atoms with van der Waals surface area (Å²) in [7, 11) is 0. The number of halogens is 2. The lowest BCUT2D eigenvalue weighted by Gasteiger charge is -2.12. The van der Waals surface area contributed by atoms with Crippen molar-refractivity contribution >= 4 is 23.6 Å². The molecule has 0 saturated heterocycles. The second-order valence-corrected chi connectivity index (χ2v) is 5.24. The van der Waals surface area contributed by atoms with Gasteiger partial charge in [-0.25, -0.2) is 13.6 Å². The highest BCUT2D eigenvalue weighted by molar-refractivity contribution is 7.98. The molecule has 0 aromatic heterocycles. The first-order chi connectivity index (χ1) is 9.41. The number of carbonyl (C=O) groups excluding carboxylic acids is 1. The summed E-state index contributed by atoms with van der Waals surface area (Å²) in [4.78, 5) is 21.7. The molecule has 4 nitrogen and oxygen atoms in total. The average molecular weight is 303 g/mol. The topological polar surface area (TPSA) is 66.4 Å². The Bertz CT molecular complexity index is 476. The first-order valence-corrected chi connectivity index (χ1v) is 7.08. The number of benzene rings is 1. The van der Waals surface area contributed by atoms with Crippen molar-refractivity contribution in [2.45, 2.75) is 25.1 Å². The van der Waals surface area contributed by atoms with Crippen LogP contribution in [0.1, 0.15) is 18.9 Å². The average Bonchev–Trinajstić information content (AvgIpc) is 2.35. The zero-order chi connectivity index (χ0) is 15.1. The fraction of sp³-hybridized carbons (Fsp3) is 0.385. The second kappa shape index (κ2) is 7.84. The molecule has 1 aromatic rings. The first-order valence-electron chi connectivity index (χ1n) is 5.92. The van der Waals surface area contributed by atoms with E-state index in [0.717, 1.165) is 0 Å². The van der Waals surface area contributed by atoms with Gasteiger partial charge in [-0.3, -0.25) is 4.79 Å². The maximum Gasteiger partial charge on any atom is 0.326 e. The summed E-state index contributed by atoms with van der Waals surface area (Å²) in [5, 5.41) is 11.2. The fourth-order valence-electron chi connectivity index (χ4n) is 1.55. The Hall–Kier alpha value is -1.63. The standard InChI is InChI=1S/C13H15F2NO3S/c1-8(17)16-12(13(18)19)5-6-20-7-9-10(14)3-2-4-11(9)15/h2-4,12H,5-7H2,1H3,(H,16,17)(H,18,19). The summed E-state index contributed by atoms with van der Waals surface area (Å²) in [6, 6.07) is 2.66. The molecule has 0 radical (unpaired) electrons. The van der Waals surface area contributed by atoms with Crippen molar-refractivity contribution in [2.24, 2.45) is 0 Å². The minimum absolute atomic E-state index is 0.0242. The van der Waals surface area contributed by atoms with E-state index in [9.17, 15) is 18.4 Å². The van der Waals surface area contributed by atoms with Crippen LogP contribution in [0.4, 0.5) is 8.78 Å². The predicted octanol–water partition coefficient (Wildman–Crippen LogP) is 2.18. The Morgan fingerprint density at radius 2 is 1.95 bits per heavy atom. The van der Waals surface area contributed by atoms with Gasteiger partial charge >= 0.3 is 5.97 Å². The molecule has 0 saturated carbocycles. The Labute approximate surface area is 119 Å². The first kappa shape index (κ1) is 16.4. The quantitative estimate of drug-likeness (QED) is 0.758. The number of carboxylic acid groups (broad SMARTS) is 1. The summed E-state index contributed by atoms with van der Waals surface area (Å²) >= 11 is 1.21. The Balaban J connectivity index is 2.44. The van der Waals surface area contributed by atoms with Crippen molar-refractivity contribution in [3.63, 3.8) is 0 Å². The van der Waals surface area contributed by atoms with E-state index in [-0.39, 0.29) is 17.7 Å². The molecule has 7 heteroatoms. The van der Waals surface area contributed by atoms with E-state index in [1.165, 1.54) is 36.9 Å². The number of hydrogen-bond donors (Lipinski definition) is 2. The van der Waals surface area contributed by atoms with Crippen molar-refractivity contribution in [1.82, 2.24) is 5.32 Å². The molecule has 1 unspecified atom stereocenters. The monoisotopic (exact) mass is 303 g/mol. The third kappa shape index (κ3) is 5.16. The highest BCUT2D eigenvalue weighted by Crippen LogP contribution is 2.19. The van der Waals surface area contributed by atoms with Crippen LogP contribution >= 0.6 is 11.8 Å². The molecule has 0 heterocycles. The van der Waals surface area contributed by atoms with Crippen LogP contribution in [0.25, 0.3) is 0 Å². The molecule has 1 aromatic carbocycles. The van der Waals surface area contributed by atoms with Gasteiger partial charge in [-0.05, 0) is 24.3 Å². The third-order valence-corrected chi connectivity index (χ3v) is 3.55. The molecule has 110 valence electrons. The highest BCUT2D eigenvalue weighted by atomic mass is 32.2. The van der Waals surface area contributed by atoms with Gasteiger partial charge in [0.25, 0.3) is 0 Å². The van der Waals surface area contributed by atoms with Crippen molar-refractivity contribution < 1.29 is 23.5 Å². The van der Waals surface area contributed by atoms with Gasteiger partial charge in [-0.15, -0.1) is 0 Å². The summed E-state index contributed by atoms with van der Waals surface area (Å²) in [6.07, 6.45) is 0.190. The van der Waals surface area contributed by atoms with E-state index in [4.69, 9.17) is 5.11 Å². The Morgan fingerprint density at radius 3 is 2.45 bits per heavy atom. The number of hydrogen-bond acceptors (Lipinski definition) is 3. The normalized spacial score (nSPS) is 11.9. The Kier molecular flexibility index (Phi) is 6.44. The number of thioether (sulfide) groups is 1. The molecule has 1 rings (SSSR count). The van der Waals surface area contributed by atoms with Crippen molar-refractivity contribution in [3.8, 4) is 0 Å². The minimum Gasteiger partial charge on any atom is -0.480 e. The Morgan fingerprint density at radius 1 is 1.35 bits per heavy atom. The van der Waals surface area contributed by atoms with Crippen LogP contribution in [0.5, 0.6) is 0 Å². The van der Waals surface area contributed by atoms with Crippen LogP contribution in [0.2, 0.25) is 0 Å². The van der Waals surface area contributed by atoms with Crippen molar-refractivity contribution in [1.29, 1.82) is 0 Å². The van der Waals surface area contributed by atoms with E-state index in [2.05, 4.69) is 5.32 Å². The lowest BCUT2D eigenvalue weighted by Crippen LogP contribution is -2.39. The van der Waals surface area contributed by atoms with Gasteiger partial charge in [0.15, 0.2) is 0 Å². The summed E-state index contributed by atoms with van der Waals surface area (Å²) in [5.74, 6) is -2.31. The minimum atomic E-state index is -1.13. The maximum absolute atomic E-state index is 13.3. The second-order valence-electron chi connectivity index (χ2n) is 4.13. The third-order valence-electron chi connectivity index (χ3n) is 2.53. The van der Waals surface area contributed by atoms with Gasteiger partial charge < -0.3 is 10.4 Å². The molecular formula is C13H15F2NO3S. The van der Waals surface area contributed by atoms with E-state index in [1.54, 1.807) is 0 Å². The van der Waals surface area contributed by atoms with Gasteiger partial charge in [0.2, 0.25) is 5.91 Å². The van der Waals surface area contributed by atoms with Crippen LogP contribution < -0.4 is 5.32 Å². The smallest absolute Gasteiger partial charge is 0.326 e. The number of rotatable bonds is 7. The number of carboxylic acids is 1. The molecule has 1 amide bonds. The molecule has 2 N–H and O–H groups in total. The van der Waals surface area contributed by atoms with Gasteiger partial charge in [0.1, 0.15) is 17.7 Å². The van der Waals surface area contributed by atoms with Gasteiger partial charge in [0.05, 0.1) is 0 Å². The van der Waals surface area contributed by atoms with Gasteiger partial charge in [-0.1, -0.05) is 6.07 Å². The largest absolute Gasteiger partial charge is 0.480 e. The van der Waals surface area contributed by atoms with Crippen molar-refractivity contribution in [3.05, 3.63) is 35.4 Å². The predicted molar refractivity (Wildman–Crippen MR) is 72.4 cm³/mol. The fourth-order valence-corrected chi connectivity index (χ4v) is 2.57. The molecular weight excluding hydrogens is 288 g/mol. The maximum atomic E-state index is 13.3. The lowest BCUT2D eigenvalue weighted by atomic mass is 10.2. The number of aliphatic carboxylic acids is 1. The summed E-state index contributed by atoms with van der Waals surface area (Å²) < 4.78 is 26.7. The molecule has 0 fully saturated rings.